The Kier molecular flexibility index (Phi) is 5.00. The van der Waals surface area contributed by atoms with Gasteiger partial charge in [-0.15, -0.1) is 0 Å². The van der Waals surface area contributed by atoms with Crippen molar-refractivity contribution in [3.63, 3.8) is 0 Å². The average molecular weight is 288 g/mol. The van der Waals surface area contributed by atoms with Crippen LogP contribution in [0.3, 0.4) is 0 Å². The summed E-state index contributed by atoms with van der Waals surface area (Å²) in [5.74, 6) is -1.67. The summed E-state index contributed by atoms with van der Waals surface area (Å²) in [4.78, 5) is 22.8. The van der Waals surface area contributed by atoms with Crippen LogP contribution in [0.25, 0.3) is 0 Å². The monoisotopic (exact) mass is 287 g/mol. The van der Waals surface area contributed by atoms with Gasteiger partial charge in [0.05, 0.1) is 10.0 Å². The van der Waals surface area contributed by atoms with Crippen LogP contribution in [0.15, 0.2) is 30.5 Å². The van der Waals surface area contributed by atoms with Crippen molar-refractivity contribution >= 4 is 40.7 Å². The number of nitrogens with one attached hydrogen (secondary N) is 3. The maximum atomic E-state index is 11.5. The Bertz CT molecular complexity index is 503. The van der Waals surface area contributed by atoms with Gasteiger partial charge in [-0.2, -0.15) is 0 Å². The standard InChI is InChI=1S/C11H11Cl2N3O2/c1-6(2)15-16-11(18)10(17)14-7-3-4-8(12)9(13)5-7/h3-5,15H,1H2,2H3,(H,14,17)(H,16,18). The molecular formula is C11H11Cl2N3O2. The van der Waals surface area contributed by atoms with Gasteiger partial charge in [0.15, 0.2) is 0 Å². The lowest BCUT2D eigenvalue weighted by Gasteiger charge is -2.08. The zero-order valence-electron chi connectivity index (χ0n) is 9.51. The minimum Gasteiger partial charge on any atom is -0.318 e. The fourth-order valence-corrected chi connectivity index (χ4v) is 1.28. The summed E-state index contributed by atoms with van der Waals surface area (Å²) in [7, 11) is 0. The molecule has 0 radical (unpaired) electrons. The number of amides is 2. The van der Waals surface area contributed by atoms with E-state index < -0.39 is 11.8 Å². The van der Waals surface area contributed by atoms with Crippen molar-refractivity contribution in [2.75, 3.05) is 5.32 Å². The van der Waals surface area contributed by atoms with E-state index in [4.69, 9.17) is 23.2 Å². The van der Waals surface area contributed by atoms with E-state index in [9.17, 15) is 9.59 Å². The summed E-state index contributed by atoms with van der Waals surface area (Å²) in [5, 5.41) is 3.02. The third-order valence-electron chi connectivity index (χ3n) is 1.77. The van der Waals surface area contributed by atoms with Crippen LogP contribution in [0.1, 0.15) is 6.92 Å². The van der Waals surface area contributed by atoms with E-state index in [0.717, 1.165) is 0 Å². The molecule has 2 amide bonds. The summed E-state index contributed by atoms with van der Waals surface area (Å²) in [6.45, 7) is 5.14. The summed E-state index contributed by atoms with van der Waals surface area (Å²) >= 11 is 11.5. The second kappa shape index (κ2) is 6.28. The maximum absolute atomic E-state index is 11.5. The highest BCUT2D eigenvalue weighted by Crippen LogP contribution is 2.24. The van der Waals surface area contributed by atoms with Gasteiger partial charge in [0.2, 0.25) is 0 Å². The minimum absolute atomic E-state index is 0.287. The van der Waals surface area contributed by atoms with Crippen molar-refractivity contribution < 1.29 is 9.59 Å². The number of anilines is 1. The fraction of sp³-hybridized carbons (Fsp3) is 0.0909. The molecule has 0 aliphatic heterocycles. The first kappa shape index (κ1) is 14.3. The third-order valence-corrected chi connectivity index (χ3v) is 2.51. The normalized spacial score (nSPS) is 9.50. The molecule has 0 atom stereocenters. The second-order valence-corrected chi connectivity index (χ2v) is 4.26. The lowest BCUT2D eigenvalue weighted by Crippen LogP contribution is -2.42. The van der Waals surface area contributed by atoms with Crippen LogP contribution in [0.4, 0.5) is 5.69 Å². The third kappa shape index (κ3) is 4.27. The first-order valence-corrected chi connectivity index (χ1v) is 5.63. The quantitative estimate of drug-likeness (QED) is 0.589. The van der Waals surface area contributed by atoms with Crippen LogP contribution < -0.4 is 16.2 Å². The van der Waals surface area contributed by atoms with Crippen LogP contribution in [-0.4, -0.2) is 11.8 Å². The van der Waals surface area contributed by atoms with Gasteiger partial charge in [0.1, 0.15) is 0 Å². The van der Waals surface area contributed by atoms with Gasteiger partial charge in [-0.05, 0) is 25.1 Å². The van der Waals surface area contributed by atoms with Crippen LogP contribution in [0.2, 0.25) is 10.0 Å². The van der Waals surface area contributed by atoms with Gasteiger partial charge in [-0.3, -0.25) is 15.0 Å². The van der Waals surface area contributed by atoms with Gasteiger partial charge < -0.3 is 10.7 Å². The summed E-state index contributed by atoms with van der Waals surface area (Å²) in [6.07, 6.45) is 0. The molecular weight excluding hydrogens is 277 g/mol. The van der Waals surface area contributed by atoms with Gasteiger partial charge in [0.25, 0.3) is 0 Å². The number of carbonyl (C=O) groups excluding carboxylic acids is 2. The van der Waals surface area contributed by atoms with Crippen molar-refractivity contribution in [3.8, 4) is 0 Å². The van der Waals surface area contributed by atoms with E-state index in [-0.39, 0.29) is 5.02 Å². The smallest absolute Gasteiger partial charge is 0.318 e. The first-order valence-electron chi connectivity index (χ1n) is 4.88. The molecule has 0 aliphatic carbocycles. The molecule has 0 heterocycles. The maximum Gasteiger partial charge on any atom is 0.327 e. The van der Waals surface area contributed by atoms with Crippen LogP contribution >= 0.6 is 23.2 Å². The fourth-order valence-electron chi connectivity index (χ4n) is 0.982. The number of benzene rings is 1. The Labute approximate surface area is 114 Å². The number of hydrogen-bond acceptors (Lipinski definition) is 3. The van der Waals surface area contributed by atoms with E-state index in [1.54, 1.807) is 6.92 Å². The minimum atomic E-state index is -0.843. The van der Waals surface area contributed by atoms with Gasteiger partial charge in [0, 0.05) is 11.4 Å². The van der Waals surface area contributed by atoms with Crippen molar-refractivity contribution in [3.05, 3.63) is 40.5 Å². The van der Waals surface area contributed by atoms with E-state index >= 15 is 0 Å². The topological polar surface area (TPSA) is 70.2 Å². The number of carbonyl (C=O) groups is 2. The highest BCUT2D eigenvalue weighted by molar-refractivity contribution is 6.42. The molecule has 0 unspecified atom stereocenters. The molecule has 18 heavy (non-hydrogen) atoms. The van der Waals surface area contributed by atoms with Crippen LogP contribution in [-0.2, 0) is 9.59 Å². The Morgan fingerprint density at radius 3 is 2.33 bits per heavy atom. The Morgan fingerprint density at radius 1 is 1.11 bits per heavy atom. The zero-order chi connectivity index (χ0) is 13.7. The Balaban J connectivity index is 2.61. The lowest BCUT2D eigenvalue weighted by atomic mass is 10.3. The SMILES string of the molecule is C=C(C)NNC(=O)C(=O)Nc1ccc(Cl)c(Cl)c1. The molecule has 3 N–H and O–H groups in total. The predicted molar refractivity (Wildman–Crippen MR) is 71.2 cm³/mol. The highest BCUT2D eigenvalue weighted by Gasteiger charge is 2.13. The predicted octanol–water partition coefficient (Wildman–Crippen LogP) is 2.09. The van der Waals surface area contributed by atoms with E-state index in [1.807, 2.05) is 0 Å². The molecule has 0 saturated carbocycles. The lowest BCUT2D eigenvalue weighted by molar-refractivity contribution is -0.136. The molecule has 7 heteroatoms. The summed E-state index contributed by atoms with van der Waals surface area (Å²) < 4.78 is 0. The molecule has 1 rings (SSSR count). The summed E-state index contributed by atoms with van der Waals surface area (Å²) in [6, 6.07) is 4.50. The number of halogens is 2. The molecule has 0 saturated heterocycles. The molecule has 0 fully saturated rings. The molecule has 1 aromatic rings. The van der Waals surface area contributed by atoms with Crippen molar-refractivity contribution in [2.45, 2.75) is 6.92 Å². The van der Waals surface area contributed by atoms with Gasteiger partial charge in [-0.1, -0.05) is 29.8 Å². The molecule has 0 aromatic heterocycles. The number of hydrogen-bond donors (Lipinski definition) is 3. The second-order valence-electron chi connectivity index (χ2n) is 3.44. The van der Waals surface area contributed by atoms with Crippen LogP contribution in [0, 0.1) is 0 Å². The highest BCUT2D eigenvalue weighted by atomic mass is 35.5. The van der Waals surface area contributed by atoms with Gasteiger partial charge >= 0.3 is 11.8 Å². The molecule has 5 nitrogen and oxygen atoms in total. The largest absolute Gasteiger partial charge is 0.327 e. The summed E-state index contributed by atoms with van der Waals surface area (Å²) in [5.41, 5.74) is 5.48. The number of hydrazine groups is 1. The number of rotatable bonds is 3. The Morgan fingerprint density at radius 2 is 1.78 bits per heavy atom. The molecule has 0 bridgehead atoms. The van der Waals surface area contributed by atoms with E-state index in [1.165, 1.54) is 18.2 Å². The van der Waals surface area contributed by atoms with Crippen molar-refractivity contribution in [1.29, 1.82) is 0 Å². The van der Waals surface area contributed by atoms with Crippen molar-refractivity contribution in [1.82, 2.24) is 10.9 Å². The zero-order valence-corrected chi connectivity index (χ0v) is 11.0. The van der Waals surface area contributed by atoms with Crippen molar-refractivity contribution in [2.24, 2.45) is 0 Å². The molecule has 0 aliphatic rings. The van der Waals surface area contributed by atoms with Gasteiger partial charge in [-0.25, -0.2) is 0 Å². The van der Waals surface area contributed by atoms with E-state index in [0.29, 0.717) is 16.4 Å². The Hall–Kier alpha value is -1.72. The van der Waals surface area contributed by atoms with Crippen LogP contribution in [0.5, 0.6) is 0 Å². The first-order chi connectivity index (χ1) is 8.40. The molecule has 96 valence electrons. The molecule has 1 aromatic carbocycles. The molecule has 0 spiro atoms. The average Bonchev–Trinajstić information content (AvgIpc) is 2.30. The van der Waals surface area contributed by atoms with E-state index in [2.05, 4.69) is 22.7 Å². The number of allylic oxidation sites excluding steroid dienone is 1.